The number of carbonyl (C=O) groups excluding carboxylic acids is 1. The van der Waals surface area contributed by atoms with E-state index in [9.17, 15) is 26.4 Å². The Kier molecular flexibility index (Phi) is 6.78. The van der Waals surface area contributed by atoms with Crippen molar-refractivity contribution in [1.82, 2.24) is 35.2 Å². The summed E-state index contributed by atoms with van der Waals surface area (Å²) in [5, 5.41) is 11.5. The van der Waals surface area contributed by atoms with Crippen molar-refractivity contribution in [2.45, 2.75) is 12.7 Å². The van der Waals surface area contributed by atoms with Crippen molar-refractivity contribution in [3.05, 3.63) is 59.3 Å². The third-order valence-corrected chi connectivity index (χ3v) is 8.16. The van der Waals surface area contributed by atoms with E-state index in [2.05, 4.69) is 34.8 Å². The number of nitrogens with zero attached hydrogens (tertiary/aromatic N) is 8. The number of sulfone groups is 1. The number of rotatable bonds is 6. The van der Waals surface area contributed by atoms with Gasteiger partial charge in [-0.05, 0) is 18.2 Å². The Balaban J connectivity index is 1.41. The van der Waals surface area contributed by atoms with Crippen LogP contribution in [-0.4, -0.2) is 74.1 Å². The predicted molar refractivity (Wildman–Crippen MR) is 127 cm³/mol. The van der Waals surface area contributed by atoms with Gasteiger partial charge in [0.2, 0.25) is 5.82 Å². The third kappa shape index (κ3) is 5.62. The average molecular weight is 567 g/mol. The smallest absolute Gasteiger partial charge is 0.337 e. The summed E-state index contributed by atoms with van der Waals surface area (Å²) in [6.07, 6.45) is 0.973. The molecule has 0 unspecified atom stereocenters. The quantitative estimate of drug-likeness (QED) is 0.339. The van der Waals surface area contributed by atoms with Gasteiger partial charge in [0.15, 0.2) is 21.5 Å². The van der Waals surface area contributed by atoms with Gasteiger partial charge in [-0.1, -0.05) is 5.16 Å². The molecule has 4 aromatic heterocycles. The minimum absolute atomic E-state index is 0.0802. The molecule has 1 saturated heterocycles. The van der Waals surface area contributed by atoms with E-state index in [0.717, 1.165) is 11.3 Å². The van der Waals surface area contributed by atoms with Crippen LogP contribution in [0, 0.1) is 0 Å². The van der Waals surface area contributed by atoms with E-state index >= 15 is 0 Å². The van der Waals surface area contributed by atoms with E-state index in [1.807, 2.05) is 0 Å². The molecule has 38 heavy (non-hydrogen) atoms. The standard InChI is InChI=1S/C21H17F3N8O4S2/c22-21(23,24)20-28-18(30-36-20)15-2-1-14(37-15)12-32(17-11-25-3-4-26-17)16-9-13(10-27-29-16)19(33)31-5-7-38(34,35)8-6-31/h1-4,9-11H,5-8,12H2. The topological polar surface area (TPSA) is 148 Å². The number of alkyl halides is 3. The van der Waals surface area contributed by atoms with E-state index in [4.69, 9.17) is 0 Å². The Morgan fingerprint density at radius 3 is 2.61 bits per heavy atom. The van der Waals surface area contributed by atoms with Gasteiger partial charge in [0, 0.05) is 30.4 Å². The summed E-state index contributed by atoms with van der Waals surface area (Å²) in [4.78, 5) is 28.9. The zero-order chi connectivity index (χ0) is 26.9. The van der Waals surface area contributed by atoms with Gasteiger partial charge < -0.3 is 14.3 Å². The predicted octanol–water partition coefficient (Wildman–Crippen LogP) is 2.61. The summed E-state index contributed by atoms with van der Waals surface area (Å²) in [5.74, 6) is -1.60. The number of anilines is 2. The van der Waals surface area contributed by atoms with Gasteiger partial charge in [-0.3, -0.25) is 9.78 Å². The molecule has 0 aromatic carbocycles. The maximum atomic E-state index is 13.0. The summed E-state index contributed by atoms with van der Waals surface area (Å²) in [5.41, 5.74) is 0.210. The first-order chi connectivity index (χ1) is 18.1. The number of hydrogen-bond acceptors (Lipinski definition) is 12. The lowest BCUT2D eigenvalue weighted by molar-refractivity contribution is -0.159. The van der Waals surface area contributed by atoms with Crippen molar-refractivity contribution in [2.75, 3.05) is 29.5 Å². The molecule has 5 rings (SSSR count). The molecule has 0 atom stereocenters. The average Bonchev–Trinajstić information content (AvgIpc) is 3.57. The Morgan fingerprint density at radius 2 is 1.92 bits per heavy atom. The minimum Gasteiger partial charge on any atom is -0.337 e. The molecular weight excluding hydrogens is 549 g/mol. The maximum absolute atomic E-state index is 13.0. The molecule has 0 spiro atoms. The zero-order valence-electron chi connectivity index (χ0n) is 19.2. The van der Waals surface area contributed by atoms with Gasteiger partial charge >= 0.3 is 12.1 Å². The fourth-order valence-electron chi connectivity index (χ4n) is 3.59. The van der Waals surface area contributed by atoms with Gasteiger partial charge in [0.05, 0.1) is 40.9 Å². The molecule has 12 nitrogen and oxygen atoms in total. The van der Waals surface area contributed by atoms with Crippen molar-refractivity contribution < 1.29 is 30.9 Å². The molecular formula is C21H17F3N8O4S2. The van der Waals surface area contributed by atoms with Crippen LogP contribution in [0.3, 0.4) is 0 Å². The van der Waals surface area contributed by atoms with E-state index in [1.54, 1.807) is 17.0 Å². The molecule has 0 saturated carbocycles. The first kappa shape index (κ1) is 25.7. The Bertz CT molecular complexity index is 1550. The lowest BCUT2D eigenvalue weighted by Gasteiger charge is -2.27. The van der Waals surface area contributed by atoms with Crippen molar-refractivity contribution in [2.24, 2.45) is 0 Å². The second-order valence-corrected chi connectivity index (χ2v) is 11.6. The first-order valence-corrected chi connectivity index (χ1v) is 13.6. The largest absolute Gasteiger partial charge is 0.471 e. The molecule has 1 fully saturated rings. The van der Waals surface area contributed by atoms with Crippen molar-refractivity contribution in [1.29, 1.82) is 0 Å². The van der Waals surface area contributed by atoms with Crippen LogP contribution in [0.4, 0.5) is 24.8 Å². The third-order valence-electron chi connectivity index (χ3n) is 5.49. The highest BCUT2D eigenvalue weighted by molar-refractivity contribution is 7.91. The molecule has 0 radical (unpaired) electrons. The van der Waals surface area contributed by atoms with E-state index in [0.29, 0.717) is 15.6 Å². The van der Waals surface area contributed by atoms with Crippen LogP contribution in [0.15, 0.2) is 47.5 Å². The van der Waals surface area contributed by atoms with Gasteiger partial charge in [0.1, 0.15) is 0 Å². The molecule has 0 aliphatic carbocycles. The summed E-state index contributed by atoms with van der Waals surface area (Å²) >= 11 is 1.14. The summed E-state index contributed by atoms with van der Waals surface area (Å²) < 4.78 is 66.3. The number of aromatic nitrogens is 6. The molecule has 1 aliphatic rings. The number of thiophene rings is 1. The fourth-order valence-corrected chi connectivity index (χ4v) is 5.71. The number of amides is 1. The zero-order valence-corrected chi connectivity index (χ0v) is 20.9. The van der Waals surface area contributed by atoms with Crippen molar-refractivity contribution in [3.63, 3.8) is 0 Å². The number of carbonyl (C=O) groups is 1. The molecule has 0 bridgehead atoms. The maximum Gasteiger partial charge on any atom is 0.471 e. The molecule has 0 N–H and O–H groups in total. The van der Waals surface area contributed by atoms with Crippen LogP contribution in [0.5, 0.6) is 0 Å². The monoisotopic (exact) mass is 566 g/mol. The van der Waals surface area contributed by atoms with Gasteiger partial charge in [-0.25, -0.2) is 13.4 Å². The van der Waals surface area contributed by atoms with Crippen LogP contribution in [-0.2, 0) is 22.6 Å². The van der Waals surface area contributed by atoms with Gasteiger partial charge in [-0.2, -0.15) is 23.3 Å². The first-order valence-electron chi connectivity index (χ1n) is 10.9. The van der Waals surface area contributed by atoms with Gasteiger partial charge in [-0.15, -0.1) is 16.4 Å². The summed E-state index contributed by atoms with van der Waals surface area (Å²) in [6.45, 7) is 0.315. The number of hydrogen-bond donors (Lipinski definition) is 0. The Morgan fingerprint density at radius 1 is 1.13 bits per heavy atom. The second-order valence-electron chi connectivity index (χ2n) is 8.08. The highest BCUT2D eigenvalue weighted by atomic mass is 32.2. The van der Waals surface area contributed by atoms with Crippen LogP contribution in [0.1, 0.15) is 21.1 Å². The highest BCUT2D eigenvalue weighted by Crippen LogP contribution is 2.33. The van der Waals surface area contributed by atoms with Crippen LogP contribution >= 0.6 is 11.3 Å². The van der Waals surface area contributed by atoms with E-state index in [1.165, 1.54) is 35.8 Å². The van der Waals surface area contributed by atoms with Crippen molar-refractivity contribution in [3.8, 4) is 10.7 Å². The Labute approximate surface area is 217 Å². The Hall–Kier alpha value is -3.99. The van der Waals surface area contributed by atoms with E-state index < -0.39 is 21.9 Å². The minimum atomic E-state index is -4.75. The van der Waals surface area contributed by atoms with Crippen LogP contribution in [0.2, 0.25) is 0 Å². The normalized spacial score (nSPS) is 15.4. The lowest BCUT2D eigenvalue weighted by Crippen LogP contribution is -2.43. The fraction of sp³-hybridized carbons (Fsp3) is 0.286. The van der Waals surface area contributed by atoms with Crippen LogP contribution < -0.4 is 4.90 Å². The molecule has 4 aromatic rings. The molecule has 1 aliphatic heterocycles. The highest BCUT2D eigenvalue weighted by Gasteiger charge is 2.38. The summed E-state index contributed by atoms with van der Waals surface area (Å²) in [7, 11) is -3.16. The lowest BCUT2D eigenvalue weighted by atomic mass is 10.2. The second kappa shape index (κ2) is 10.1. The summed E-state index contributed by atoms with van der Waals surface area (Å²) in [6, 6.07) is 4.76. The van der Waals surface area contributed by atoms with Crippen molar-refractivity contribution >= 4 is 38.7 Å². The van der Waals surface area contributed by atoms with Crippen LogP contribution in [0.25, 0.3) is 10.7 Å². The molecule has 198 valence electrons. The van der Waals surface area contributed by atoms with Gasteiger partial charge in [0.25, 0.3) is 5.91 Å². The molecule has 17 heteroatoms. The van der Waals surface area contributed by atoms with E-state index in [-0.39, 0.29) is 54.3 Å². The molecule has 5 heterocycles. The number of halogens is 3. The molecule has 1 amide bonds. The SMILES string of the molecule is O=C(c1cnnc(N(Cc2ccc(-c3noc(C(F)(F)F)n3)s2)c2cnccn2)c1)N1CCS(=O)(=O)CC1.